The quantitative estimate of drug-likeness (QED) is 0.357. The van der Waals surface area contributed by atoms with Crippen molar-refractivity contribution in [2.75, 3.05) is 5.75 Å². The number of carbonyl (C=O) groups excluding carboxylic acids is 1. The van der Waals surface area contributed by atoms with Crippen molar-refractivity contribution in [1.82, 2.24) is 25.1 Å². The largest absolute Gasteiger partial charge is 0.327 e. The summed E-state index contributed by atoms with van der Waals surface area (Å²) in [5.41, 5.74) is 4.44. The molecule has 0 radical (unpaired) electrons. The van der Waals surface area contributed by atoms with Crippen LogP contribution in [-0.4, -0.2) is 47.5 Å². The molecule has 2 aromatic carbocycles. The molecule has 1 amide bonds. The molecule has 0 saturated carbocycles. The first-order chi connectivity index (χ1) is 16.5. The number of aryl methyl sites for hydroxylation is 1. The van der Waals surface area contributed by atoms with Crippen LogP contribution in [-0.2, 0) is 11.8 Å². The highest BCUT2D eigenvalue weighted by atomic mass is 79.9. The molecule has 0 bridgehead atoms. The maximum absolute atomic E-state index is 12.9. The number of para-hydroxylation sites is 1. The van der Waals surface area contributed by atoms with Gasteiger partial charge in [-0.2, -0.15) is 5.10 Å². The molecule has 0 fully saturated rings. The van der Waals surface area contributed by atoms with E-state index in [9.17, 15) is 4.79 Å². The molecule has 1 aliphatic rings. The monoisotopic (exact) mass is 553 g/mol. The van der Waals surface area contributed by atoms with E-state index in [1.807, 2.05) is 67.1 Å². The lowest BCUT2D eigenvalue weighted by atomic mass is 10.1. The van der Waals surface area contributed by atoms with Gasteiger partial charge in [0.2, 0.25) is 11.1 Å². The van der Waals surface area contributed by atoms with E-state index in [-0.39, 0.29) is 11.2 Å². The van der Waals surface area contributed by atoms with Crippen LogP contribution < -0.4 is 5.32 Å². The number of amides is 1. The molecule has 1 unspecified atom stereocenters. The summed E-state index contributed by atoms with van der Waals surface area (Å²) in [6.45, 7) is 1.96. The first kappa shape index (κ1) is 23.0. The molecule has 4 aromatic rings. The van der Waals surface area contributed by atoms with Crippen molar-refractivity contribution in [3.05, 3.63) is 58.6 Å². The minimum absolute atomic E-state index is 0.151. The molecule has 1 N–H and O–H groups in total. The molecular formula is C23H20BrN7OS2. The van der Waals surface area contributed by atoms with Gasteiger partial charge in [-0.25, -0.2) is 4.98 Å². The second kappa shape index (κ2) is 9.85. The van der Waals surface area contributed by atoms with Crippen molar-refractivity contribution in [2.45, 2.75) is 23.8 Å². The lowest BCUT2D eigenvalue weighted by Crippen LogP contribution is -2.37. The number of amidine groups is 1. The Balaban J connectivity index is 1.30. The van der Waals surface area contributed by atoms with E-state index < -0.39 is 0 Å². The standard InChI is InChI=1S/C23H20BrN7OS2/c1-3-18(21(32)26-22-29-27-16(12-33-22)13-8-10-14(24)11-9-13)34-23-25-20-19(28-30-23)15-6-4-5-7-17(15)31(20)2/h4-11,18H,3,12H2,1-2H3,(H,26,29,32). The molecule has 34 heavy (non-hydrogen) atoms. The van der Waals surface area contributed by atoms with Crippen LogP contribution in [0.3, 0.4) is 0 Å². The van der Waals surface area contributed by atoms with Crippen molar-refractivity contribution in [3.8, 4) is 0 Å². The summed E-state index contributed by atoms with van der Waals surface area (Å²) in [5.74, 6) is 0.483. The Morgan fingerprint density at radius 2 is 1.97 bits per heavy atom. The molecular weight excluding hydrogens is 534 g/mol. The number of nitrogens with zero attached hydrogens (tertiary/aromatic N) is 6. The molecule has 1 atom stereocenters. The lowest BCUT2D eigenvalue weighted by molar-refractivity contribution is -0.119. The third-order valence-electron chi connectivity index (χ3n) is 5.41. The molecule has 0 spiro atoms. The molecule has 8 nitrogen and oxygen atoms in total. The Morgan fingerprint density at radius 3 is 2.71 bits per heavy atom. The fourth-order valence-electron chi connectivity index (χ4n) is 3.62. The summed E-state index contributed by atoms with van der Waals surface area (Å²) in [7, 11) is 1.96. The summed E-state index contributed by atoms with van der Waals surface area (Å²) < 4.78 is 3.01. The zero-order valence-electron chi connectivity index (χ0n) is 18.4. The van der Waals surface area contributed by atoms with E-state index in [1.165, 1.54) is 23.5 Å². The Bertz CT molecular complexity index is 1450. The fraction of sp³-hybridized carbons (Fsp3) is 0.217. The van der Waals surface area contributed by atoms with Crippen molar-refractivity contribution in [1.29, 1.82) is 0 Å². The third kappa shape index (κ3) is 4.59. The second-order valence-corrected chi connectivity index (χ2v) is 10.6. The van der Waals surface area contributed by atoms with E-state index in [0.717, 1.165) is 37.8 Å². The van der Waals surface area contributed by atoms with Gasteiger partial charge >= 0.3 is 0 Å². The van der Waals surface area contributed by atoms with Crippen LogP contribution in [0.4, 0.5) is 0 Å². The van der Waals surface area contributed by atoms with Gasteiger partial charge in [-0.3, -0.25) is 4.79 Å². The Hall–Kier alpha value is -2.76. The van der Waals surface area contributed by atoms with Crippen molar-refractivity contribution in [2.24, 2.45) is 17.3 Å². The Kier molecular flexibility index (Phi) is 6.66. The lowest BCUT2D eigenvalue weighted by Gasteiger charge is -2.16. The van der Waals surface area contributed by atoms with E-state index in [2.05, 4.69) is 41.6 Å². The Morgan fingerprint density at radius 1 is 1.18 bits per heavy atom. The van der Waals surface area contributed by atoms with Gasteiger partial charge in [0, 0.05) is 22.7 Å². The minimum Gasteiger partial charge on any atom is -0.327 e. The highest BCUT2D eigenvalue weighted by molar-refractivity contribution is 9.10. The number of fused-ring (bicyclic) bond motifs is 3. The van der Waals surface area contributed by atoms with Gasteiger partial charge in [0.1, 0.15) is 5.52 Å². The summed E-state index contributed by atoms with van der Waals surface area (Å²) in [6, 6.07) is 15.9. The smallest absolute Gasteiger partial charge is 0.239 e. The average molecular weight is 554 g/mol. The molecule has 1 aliphatic heterocycles. The maximum atomic E-state index is 12.9. The zero-order valence-corrected chi connectivity index (χ0v) is 21.6. The molecule has 11 heteroatoms. The minimum atomic E-state index is -0.380. The van der Waals surface area contributed by atoms with Gasteiger partial charge in [0.25, 0.3) is 0 Å². The van der Waals surface area contributed by atoms with Crippen molar-refractivity contribution >= 4 is 78.3 Å². The van der Waals surface area contributed by atoms with Gasteiger partial charge in [0.15, 0.2) is 10.8 Å². The molecule has 5 rings (SSSR count). The number of hydrogen-bond acceptors (Lipinski definition) is 8. The van der Waals surface area contributed by atoms with Gasteiger partial charge < -0.3 is 9.88 Å². The van der Waals surface area contributed by atoms with Crippen LogP contribution in [0.25, 0.3) is 22.1 Å². The second-order valence-electron chi connectivity index (χ2n) is 7.59. The highest BCUT2D eigenvalue weighted by Gasteiger charge is 2.23. The van der Waals surface area contributed by atoms with Gasteiger partial charge in [0.05, 0.1) is 16.5 Å². The third-order valence-corrected chi connectivity index (χ3v) is 8.03. The number of benzene rings is 2. The van der Waals surface area contributed by atoms with Crippen molar-refractivity contribution in [3.63, 3.8) is 0 Å². The number of rotatable bonds is 5. The van der Waals surface area contributed by atoms with Crippen LogP contribution >= 0.6 is 39.5 Å². The van der Waals surface area contributed by atoms with E-state index in [1.54, 1.807) is 0 Å². The van der Waals surface area contributed by atoms with E-state index in [0.29, 0.717) is 22.5 Å². The van der Waals surface area contributed by atoms with Gasteiger partial charge in [-0.05, 0) is 30.2 Å². The average Bonchev–Trinajstić information content (AvgIpc) is 3.15. The molecule has 0 saturated heterocycles. The number of hydrogen-bond donors (Lipinski definition) is 1. The fourth-order valence-corrected chi connectivity index (χ4v) is 5.47. The highest BCUT2D eigenvalue weighted by Crippen LogP contribution is 2.28. The number of thioether (sulfide) groups is 2. The summed E-state index contributed by atoms with van der Waals surface area (Å²) in [6.07, 6.45) is 0.609. The van der Waals surface area contributed by atoms with Crippen LogP contribution in [0, 0.1) is 0 Å². The van der Waals surface area contributed by atoms with Gasteiger partial charge in [-0.15, -0.1) is 15.3 Å². The van der Waals surface area contributed by atoms with E-state index in [4.69, 9.17) is 4.98 Å². The zero-order chi connectivity index (χ0) is 23.7. The first-order valence-electron chi connectivity index (χ1n) is 10.6. The number of carbonyl (C=O) groups is 1. The molecule has 0 aliphatic carbocycles. The topological polar surface area (TPSA) is 97.4 Å². The summed E-state index contributed by atoms with van der Waals surface area (Å²) >= 11 is 6.20. The van der Waals surface area contributed by atoms with Crippen LogP contribution in [0.15, 0.2) is 68.4 Å². The normalized spacial score (nSPS) is 14.7. The van der Waals surface area contributed by atoms with Crippen LogP contribution in [0.1, 0.15) is 18.9 Å². The maximum Gasteiger partial charge on any atom is 0.239 e. The van der Waals surface area contributed by atoms with E-state index >= 15 is 0 Å². The predicted molar refractivity (Wildman–Crippen MR) is 142 cm³/mol. The SMILES string of the molecule is CCC(Sc1nnc2c3ccccc3n(C)c2n1)C(=O)NC1=NN=C(c2ccc(Br)cc2)CS1. The van der Waals surface area contributed by atoms with Crippen molar-refractivity contribution < 1.29 is 4.79 Å². The van der Waals surface area contributed by atoms with Gasteiger partial charge in [-0.1, -0.05) is 76.7 Å². The number of halogens is 1. The number of aromatic nitrogens is 4. The van der Waals surface area contributed by atoms with Crippen LogP contribution in [0.2, 0.25) is 0 Å². The first-order valence-corrected chi connectivity index (χ1v) is 13.3. The molecule has 2 aromatic heterocycles. The molecule has 3 heterocycles. The molecule has 172 valence electrons. The Labute approximate surface area is 212 Å². The number of nitrogens with one attached hydrogen (secondary N) is 1. The summed E-state index contributed by atoms with van der Waals surface area (Å²) in [5, 5.41) is 21.7. The predicted octanol–water partition coefficient (Wildman–Crippen LogP) is 4.77. The summed E-state index contributed by atoms with van der Waals surface area (Å²) in [4.78, 5) is 17.6. The van der Waals surface area contributed by atoms with Crippen LogP contribution in [0.5, 0.6) is 0 Å².